The molecule has 0 atom stereocenters. The molecule has 1 aromatic heterocycles. The predicted octanol–water partition coefficient (Wildman–Crippen LogP) is 3.67. The molecule has 0 radical (unpaired) electrons. The monoisotopic (exact) mass is 413 g/mol. The molecule has 3 N–H and O–H groups in total. The maximum atomic E-state index is 12.3. The molecule has 0 aliphatic carbocycles. The molecule has 1 fully saturated rings. The number of carbonyl (C=O) groups is 3. The van der Waals surface area contributed by atoms with E-state index in [2.05, 4.69) is 10.2 Å². The van der Waals surface area contributed by atoms with E-state index in [-0.39, 0.29) is 36.4 Å². The summed E-state index contributed by atoms with van der Waals surface area (Å²) >= 11 is 1.60. The van der Waals surface area contributed by atoms with Crippen LogP contribution in [0.2, 0.25) is 0 Å². The minimum Gasteiger partial charge on any atom is -0.371 e. The molecular formula is C22H27N3O3S. The number of carbonyl (C=O) groups excluding carboxylic acids is 3. The third-order valence-corrected chi connectivity index (χ3v) is 6.30. The van der Waals surface area contributed by atoms with Gasteiger partial charge in [0.15, 0.2) is 5.78 Å². The van der Waals surface area contributed by atoms with Crippen molar-refractivity contribution in [3.63, 3.8) is 0 Å². The van der Waals surface area contributed by atoms with E-state index in [0.29, 0.717) is 5.69 Å². The molecular weight excluding hydrogens is 386 g/mol. The Bertz CT molecular complexity index is 897. The van der Waals surface area contributed by atoms with E-state index in [9.17, 15) is 14.4 Å². The molecule has 29 heavy (non-hydrogen) atoms. The molecule has 0 unspecified atom stereocenters. The molecule has 2 amide bonds. The van der Waals surface area contributed by atoms with Crippen LogP contribution in [0.25, 0.3) is 0 Å². The second-order valence-corrected chi connectivity index (χ2v) is 8.97. The number of Topliss-reactive ketones (excluding diaryl/α,β-unsaturated/α-hetero) is 1. The molecule has 1 aliphatic rings. The Kier molecular flexibility index (Phi) is 6.69. The summed E-state index contributed by atoms with van der Waals surface area (Å²) in [4.78, 5) is 40.1. The summed E-state index contributed by atoms with van der Waals surface area (Å²) < 4.78 is 0. The van der Waals surface area contributed by atoms with Gasteiger partial charge in [-0.25, -0.2) is 0 Å². The molecule has 0 bridgehead atoms. The molecule has 2 aromatic rings. The Balaban J connectivity index is 1.48. The van der Waals surface area contributed by atoms with Crippen molar-refractivity contribution in [1.82, 2.24) is 0 Å². The molecule has 3 rings (SSSR count). The third-order valence-electron chi connectivity index (χ3n) is 5.33. The van der Waals surface area contributed by atoms with Crippen molar-refractivity contribution < 1.29 is 14.4 Å². The SMILES string of the molecule is Cc1cc(C(=O)CCC(=O)Nc2ccc(N3CCC(C(N)=O)CC3)cc2)c(C)s1. The summed E-state index contributed by atoms with van der Waals surface area (Å²) in [5.41, 5.74) is 7.88. The topological polar surface area (TPSA) is 92.5 Å². The first-order valence-corrected chi connectivity index (χ1v) is 10.7. The van der Waals surface area contributed by atoms with Crippen LogP contribution in [0, 0.1) is 19.8 Å². The Labute approximate surface area is 175 Å². The fourth-order valence-electron chi connectivity index (χ4n) is 3.67. The number of benzene rings is 1. The average Bonchev–Trinajstić information content (AvgIpc) is 3.05. The van der Waals surface area contributed by atoms with Crippen molar-refractivity contribution in [3.8, 4) is 0 Å². The lowest BCUT2D eigenvalue weighted by Crippen LogP contribution is -2.38. The van der Waals surface area contributed by atoms with Crippen molar-refractivity contribution in [1.29, 1.82) is 0 Å². The van der Waals surface area contributed by atoms with Gasteiger partial charge in [0, 0.05) is 58.5 Å². The Morgan fingerprint density at radius 2 is 1.76 bits per heavy atom. The number of aryl methyl sites for hydroxylation is 2. The van der Waals surface area contributed by atoms with Crippen LogP contribution in [0.15, 0.2) is 30.3 Å². The van der Waals surface area contributed by atoms with Gasteiger partial charge in [0.1, 0.15) is 0 Å². The van der Waals surface area contributed by atoms with Crippen molar-refractivity contribution in [2.75, 3.05) is 23.3 Å². The predicted molar refractivity (Wildman–Crippen MR) is 117 cm³/mol. The Hall–Kier alpha value is -2.67. The van der Waals surface area contributed by atoms with E-state index < -0.39 is 0 Å². The van der Waals surface area contributed by atoms with Crippen LogP contribution in [-0.4, -0.2) is 30.7 Å². The minimum absolute atomic E-state index is 0.0108. The van der Waals surface area contributed by atoms with Crippen LogP contribution in [-0.2, 0) is 9.59 Å². The van der Waals surface area contributed by atoms with E-state index in [4.69, 9.17) is 5.73 Å². The standard InChI is InChI=1S/C22H27N3O3S/c1-14-13-19(15(2)29-14)20(26)7-8-21(27)24-17-3-5-18(6-4-17)25-11-9-16(10-12-25)22(23)28/h3-6,13,16H,7-12H2,1-2H3,(H2,23,28)(H,24,27). The van der Waals surface area contributed by atoms with E-state index in [1.807, 2.05) is 44.2 Å². The van der Waals surface area contributed by atoms with Crippen LogP contribution in [0.1, 0.15) is 45.8 Å². The van der Waals surface area contributed by atoms with Crippen LogP contribution in [0.3, 0.4) is 0 Å². The lowest BCUT2D eigenvalue weighted by atomic mass is 9.96. The molecule has 1 aliphatic heterocycles. The van der Waals surface area contributed by atoms with Crippen molar-refractivity contribution in [3.05, 3.63) is 45.6 Å². The number of anilines is 2. The lowest BCUT2D eigenvalue weighted by Gasteiger charge is -2.32. The summed E-state index contributed by atoms with van der Waals surface area (Å²) in [5, 5.41) is 2.85. The van der Waals surface area contributed by atoms with Gasteiger partial charge < -0.3 is 16.0 Å². The van der Waals surface area contributed by atoms with Gasteiger partial charge in [-0.15, -0.1) is 11.3 Å². The molecule has 1 aromatic carbocycles. The fraction of sp³-hybridized carbons (Fsp3) is 0.409. The summed E-state index contributed by atoms with van der Waals surface area (Å²) in [6.07, 6.45) is 1.90. The second kappa shape index (κ2) is 9.22. The third kappa shape index (κ3) is 5.44. The first kappa shape index (κ1) is 21.0. The number of thiophene rings is 1. The van der Waals surface area contributed by atoms with Crippen LogP contribution >= 0.6 is 11.3 Å². The zero-order chi connectivity index (χ0) is 21.0. The highest BCUT2D eigenvalue weighted by Crippen LogP contribution is 2.25. The van der Waals surface area contributed by atoms with Crippen molar-refractivity contribution in [2.45, 2.75) is 39.5 Å². The zero-order valence-electron chi connectivity index (χ0n) is 16.9. The highest BCUT2D eigenvalue weighted by molar-refractivity contribution is 7.12. The number of hydrogen-bond donors (Lipinski definition) is 2. The highest BCUT2D eigenvalue weighted by atomic mass is 32.1. The Morgan fingerprint density at radius 1 is 1.10 bits per heavy atom. The van der Waals surface area contributed by atoms with Gasteiger partial charge in [0.25, 0.3) is 0 Å². The van der Waals surface area contributed by atoms with E-state index in [1.165, 1.54) is 0 Å². The molecule has 6 nitrogen and oxygen atoms in total. The van der Waals surface area contributed by atoms with Crippen LogP contribution in [0.5, 0.6) is 0 Å². The number of hydrogen-bond acceptors (Lipinski definition) is 5. The largest absolute Gasteiger partial charge is 0.371 e. The van der Waals surface area contributed by atoms with Gasteiger partial charge in [0.05, 0.1) is 0 Å². The Morgan fingerprint density at radius 3 is 2.31 bits per heavy atom. The average molecular weight is 414 g/mol. The minimum atomic E-state index is -0.217. The number of rotatable bonds is 7. The lowest BCUT2D eigenvalue weighted by molar-refractivity contribution is -0.122. The van der Waals surface area contributed by atoms with Gasteiger partial charge >= 0.3 is 0 Å². The van der Waals surface area contributed by atoms with Gasteiger partial charge in [0.2, 0.25) is 11.8 Å². The number of nitrogens with zero attached hydrogens (tertiary/aromatic N) is 1. The molecule has 7 heteroatoms. The summed E-state index contributed by atoms with van der Waals surface area (Å²) in [6, 6.07) is 9.54. The number of primary amides is 1. The first-order valence-electron chi connectivity index (χ1n) is 9.88. The molecule has 0 saturated carbocycles. The zero-order valence-corrected chi connectivity index (χ0v) is 17.7. The second-order valence-electron chi connectivity index (χ2n) is 7.51. The van der Waals surface area contributed by atoms with Crippen LogP contribution < -0.4 is 16.0 Å². The molecule has 154 valence electrons. The smallest absolute Gasteiger partial charge is 0.224 e. The number of amides is 2. The molecule has 2 heterocycles. The normalized spacial score (nSPS) is 14.6. The van der Waals surface area contributed by atoms with Gasteiger partial charge in [-0.3, -0.25) is 14.4 Å². The van der Waals surface area contributed by atoms with Crippen molar-refractivity contribution >= 4 is 40.3 Å². The van der Waals surface area contributed by atoms with Gasteiger partial charge in [-0.05, 0) is 57.0 Å². The van der Waals surface area contributed by atoms with Crippen molar-refractivity contribution in [2.24, 2.45) is 11.7 Å². The van der Waals surface area contributed by atoms with Gasteiger partial charge in [-0.2, -0.15) is 0 Å². The maximum absolute atomic E-state index is 12.3. The number of nitrogens with two attached hydrogens (primary N) is 1. The van der Waals surface area contributed by atoms with E-state index >= 15 is 0 Å². The fourth-order valence-corrected chi connectivity index (χ4v) is 4.61. The number of ketones is 1. The van der Waals surface area contributed by atoms with Crippen LogP contribution in [0.4, 0.5) is 11.4 Å². The number of nitrogens with one attached hydrogen (secondary N) is 1. The highest BCUT2D eigenvalue weighted by Gasteiger charge is 2.23. The summed E-state index contributed by atoms with van der Waals surface area (Å²) in [5.74, 6) is -0.408. The quantitative estimate of drug-likeness (QED) is 0.678. The number of piperidine rings is 1. The van der Waals surface area contributed by atoms with E-state index in [0.717, 1.165) is 46.9 Å². The summed E-state index contributed by atoms with van der Waals surface area (Å²) in [7, 11) is 0. The first-order chi connectivity index (χ1) is 13.8. The van der Waals surface area contributed by atoms with E-state index in [1.54, 1.807) is 11.3 Å². The summed E-state index contributed by atoms with van der Waals surface area (Å²) in [6.45, 7) is 5.50. The molecule has 0 spiro atoms. The maximum Gasteiger partial charge on any atom is 0.224 e. The molecule has 1 saturated heterocycles. The van der Waals surface area contributed by atoms with Gasteiger partial charge in [-0.1, -0.05) is 0 Å².